The summed E-state index contributed by atoms with van der Waals surface area (Å²) < 4.78 is 10.4. The van der Waals surface area contributed by atoms with Gasteiger partial charge in [-0.25, -0.2) is 14.3 Å². The van der Waals surface area contributed by atoms with Crippen molar-refractivity contribution in [3.05, 3.63) is 83.1 Å². The summed E-state index contributed by atoms with van der Waals surface area (Å²) in [6.07, 6.45) is 12.8. The van der Waals surface area contributed by atoms with Gasteiger partial charge in [-0.1, -0.05) is 18.7 Å². The highest BCUT2D eigenvalue weighted by Crippen LogP contribution is 2.19. The van der Waals surface area contributed by atoms with Gasteiger partial charge < -0.3 is 4.74 Å². The first-order chi connectivity index (χ1) is 14.6. The molecule has 3 aromatic heterocycles. The number of aromatic nitrogens is 7. The van der Waals surface area contributed by atoms with Crippen molar-refractivity contribution in [3.63, 3.8) is 0 Å². The number of rotatable bonds is 7. The Morgan fingerprint density at radius 2 is 2.20 bits per heavy atom. The average molecular weight is 405 g/mol. The molecule has 0 radical (unpaired) electrons. The predicted octanol–water partition coefficient (Wildman–Crippen LogP) is 1.89. The van der Waals surface area contributed by atoms with Crippen molar-refractivity contribution in [3.8, 4) is 5.69 Å². The first-order valence-corrected chi connectivity index (χ1v) is 9.64. The maximum atomic E-state index is 12.4. The molecule has 0 spiro atoms. The van der Waals surface area contributed by atoms with Crippen LogP contribution in [-0.4, -0.2) is 47.5 Å². The molecule has 1 aliphatic rings. The van der Waals surface area contributed by atoms with Crippen molar-refractivity contribution >= 4 is 5.57 Å². The summed E-state index contributed by atoms with van der Waals surface area (Å²) in [7, 11) is 1.83. The van der Waals surface area contributed by atoms with Crippen molar-refractivity contribution in [2.75, 3.05) is 13.2 Å². The monoisotopic (exact) mass is 405 g/mol. The molecular formula is C21H23N7O2. The third-order valence-corrected chi connectivity index (χ3v) is 4.88. The lowest BCUT2D eigenvalue weighted by Crippen LogP contribution is -2.31. The minimum absolute atomic E-state index is 0.127. The Morgan fingerprint density at radius 3 is 2.83 bits per heavy atom. The number of aryl methyl sites for hydroxylation is 1. The van der Waals surface area contributed by atoms with E-state index in [0.717, 1.165) is 16.8 Å². The van der Waals surface area contributed by atoms with E-state index in [1.54, 1.807) is 34.2 Å². The van der Waals surface area contributed by atoms with Crippen LogP contribution in [0.2, 0.25) is 0 Å². The zero-order chi connectivity index (χ0) is 21.1. The summed E-state index contributed by atoms with van der Waals surface area (Å²) in [6.45, 7) is 7.14. The van der Waals surface area contributed by atoms with Crippen LogP contribution in [0.15, 0.2) is 66.2 Å². The van der Waals surface area contributed by atoms with Gasteiger partial charge in [0.15, 0.2) is 5.82 Å². The van der Waals surface area contributed by atoms with Crippen LogP contribution in [-0.2, 0) is 18.2 Å². The number of hydrogen-bond acceptors (Lipinski definition) is 6. The second kappa shape index (κ2) is 8.42. The van der Waals surface area contributed by atoms with Crippen LogP contribution < -0.4 is 5.43 Å². The molecule has 0 aromatic carbocycles. The zero-order valence-electron chi connectivity index (χ0n) is 17.0. The fourth-order valence-electron chi connectivity index (χ4n) is 3.05. The Kier molecular flexibility index (Phi) is 5.53. The molecule has 9 heteroatoms. The average Bonchev–Trinajstić information content (AvgIpc) is 3.35. The number of hydrogen-bond donors (Lipinski definition) is 0. The molecule has 4 heterocycles. The van der Waals surface area contributed by atoms with Gasteiger partial charge in [0.25, 0.3) is 0 Å². The summed E-state index contributed by atoms with van der Waals surface area (Å²) in [5, 5.41) is 13.2. The third kappa shape index (κ3) is 4.06. The van der Waals surface area contributed by atoms with E-state index in [9.17, 15) is 4.79 Å². The lowest BCUT2D eigenvalue weighted by Gasteiger charge is -2.25. The van der Waals surface area contributed by atoms with Gasteiger partial charge in [0.1, 0.15) is 23.8 Å². The van der Waals surface area contributed by atoms with E-state index in [1.165, 1.54) is 6.07 Å². The summed E-state index contributed by atoms with van der Waals surface area (Å²) in [4.78, 5) is 16.8. The second-order valence-electron chi connectivity index (χ2n) is 7.03. The van der Waals surface area contributed by atoms with Gasteiger partial charge in [-0.3, -0.25) is 9.48 Å². The molecule has 0 saturated carbocycles. The van der Waals surface area contributed by atoms with Crippen LogP contribution in [0.5, 0.6) is 0 Å². The molecule has 1 fully saturated rings. The zero-order valence-corrected chi connectivity index (χ0v) is 17.0. The van der Waals surface area contributed by atoms with Gasteiger partial charge in [0.2, 0.25) is 5.43 Å². The predicted molar refractivity (Wildman–Crippen MR) is 112 cm³/mol. The Hall–Kier alpha value is -3.59. The molecule has 154 valence electrons. The Balaban J connectivity index is 1.59. The molecule has 4 rings (SSSR count). The highest BCUT2D eigenvalue weighted by Gasteiger charge is 2.22. The topological polar surface area (TPSA) is 92.7 Å². The van der Waals surface area contributed by atoms with Gasteiger partial charge in [0.05, 0.1) is 25.6 Å². The van der Waals surface area contributed by atoms with E-state index in [4.69, 9.17) is 4.74 Å². The molecule has 0 aliphatic carbocycles. The quantitative estimate of drug-likeness (QED) is 0.558. The Morgan fingerprint density at radius 1 is 1.37 bits per heavy atom. The van der Waals surface area contributed by atoms with Crippen LogP contribution in [0.1, 0.15) is 24.5 Å². The van der Waals surface area contributed by atoms with Crippen LogP contribution >= 0.6 is 0 Å². The van der Waals surface area contributed by atoms with E-state index in [0.29, 0.717) is 31.2 Å². The van der Waals surface area contributed by atoms with E-state index in [1.807, 2.05) is 37.0 Å². The van der Waals surface area contributed by atoms with Crippen LogP contribution in [0.25, 0.3) is 11.3 Å². The third-order valence-electron chi connectivity index (χ3n) is 4.88. The molecule has 0 atom stereocenters. The summed E-state index contributed by atoms with van der Waals surface area (Å²) in [5.41, 5.74) is 2.78. The smallest absolute Gasteiger partial charge is 0.203 e. The van der Waals surface area contributed by atoms with Crippen LogP contribution in [0.4, 0.5) is 0 Å². The van der Waals surface area contributed by atoms with Crippen molar-refractivity contribution in [1.29, 1.82) is 0 Å². The number of allylic oxidation sites excluding steroid dienone is 5. The van der Waals surface area contributed by atoms with E-state index < -0.39 is 0 Å². The summed E-state index contributed by atoms with van der Waals surface area (Å²) in [6, 6.07) is 1.75. The fraction of sp³-hybridized carbons (Fsp3) is 0.286. The summed E-state index contributed by atoms with van der Waals surface area (Å²) >= 11 is 0. The molecule has 0 unspecified atom stereocenters. The molecule has 0 N–H and O–H groups in total. The lowest BCUT2D eigenvalue weighted by molar-refractivity contribution is -0.0288. The van der Waals surface area contributed by atoms with Gasteiger partial charge in [-0.05, 0) is 18.6 Å². The fourth-order valence-corrected chi connectivity index (χ4v) is 3.05. The first kappa shape index (κ1) is 19.7. The number of nitrogens with zero attached hydrogens (tertiary/aromatic N) is 7. The van der Waals surface area contributed by atoms with Gasteiger partial charge in [-0.15, -0.1) is 0 Å². The van der Waals surface area contributed by atoms with Crippen molar-refractivity contribution in [1.82, 2.24) is 34.3 Å². The second-order valence-corrected chi connectivity index (χ2v) is 7.03. The normalized spacial score (nSPS) is 15.3. The van der Waals surface area contributed by atoms with Gasteiger partial charge in [-0.2, -0.15) is 15.3 Å². The molecule has 0 amide bonds. The van der Waals surface area contributed by atoms with Crippen LogP contribution in [0.3, 0.4) is 0 Å². The van der Waals surface area contributed by atoms with Crippen LogP contribution in [0, 0.1) is 0 Å². The minimum atomic E-state index is -0.127. The van der Waals surface area contributed by atoms with Crippen molar-refractivity contribution < 1.29 is 4.74 Å². The van der Waals surface area contributed by atoms with Gasteiger partial charge in [0, 0.05) is 31.3 Å². The molecular weight excluding hydrogens is 382 g/mol. The Bertz CT molecular complexity index is 1180. The standard InChI is InChI=1S/C21H23N7O2/c1-4-15(8-16(5-2)21-22-14-28(25-21)18-12-30-13-18)9-19-20(29)6-7-27(24-19)17-10-23-26(3)11-17/h4-8,10-11,14,18H,1,9,12-13H2,2-3H3. The number of ether oxygens (including phenoxy) is 1. The SMILES string of the molecule is C=CC(=CC(=CC)c1ncn(C2COC2)n1)Cc1nn(-c2cnn(C)c2)ccc1=O. The van der Waals surface area contributed by atoms with E-state index >= 15 is 0 Å². The van der Waals surface area contributed by atoms with E-state index in [-0.39, 0.29) is 11.5 Å². The highest BCUT2D eigenvalue weighted by atomic mass is 16.5. The molecule has 1 saturated heterocycles. The highest BCUT2D eigenvalue weighted by molar-refractivity contribution is 5.70. The largest absolute Gasteiger partial charge is 0.377 e. The molecule has 9 nitrogen and oxygen atoms in total. The van der Waals surface area contributed by atoms with Gasteiger partial charge >= 0.3 is 0 Å². The minimum Gasteiger partial charge on any atom is -0.377 e. The van der Waals surface area contributed by atoms with E-state index in [2.05, 4.69) is 26.9 Å². The molecule has 3 aromatic rings. The molecule has 0 bridgehead atoms. The molecule has 1 aliphatic heterocycles. The Labute approximate surface area is 173 Å². The summed E-state index contributed by atoms with van der Waals surface area (Å²) in [5.74, 6) is 0.623. The van der Waals surface area contributed by atoms with Crippen molar-refractivity contribution in [2.45, 2.75) is 19.4 Å². The molecule has 30 heavy (non-hydrogen) atoms. The first-order valence-electron chi connectivity index (χ1n) is 9.64. The lowest BCUT2D eigenvalue weighted by atomic mass is 10.1. The maximum Gasteiger partial charge on any atom is 0.203 e. The van der Waals surface area contributed by atoms with Crippen molar-refractivity contribution in [2.24, 2.45) is 7.05 Å². The maximum absolute atomic E-state index is 12.4.